The molecular weight excluding hydrogens is 338 g/mol. The molecular formula is C18H21N3O3S. The van der Waals surface area contributed by atoms with E-state index in [0.29, 0.717) is 12.2 Å². The number of hydrogen-bond acceptors (Lipinski definition) is 4. The molecule has 25 heavy (non-hydrogen) atoms. The van der Waals surface area contributed by atoms with Gasteiger partial charge in [-0.25, -0.2) is 8.42 Å². The number of nitrogens with zero attached hydrogens (tertiary/aromatic N) is 2. The minimum Gasteiger partial charge on any atom is -0.311 e. The number of benzene rings is 1. The zero-order valence-electron chi connectivity index (χ0n) is 14.5. The molecule has 6 nitrogen and oxygen atoms in total. The third kappa shape index (κ3) is 3.51. The Morgan fingerprint density at radius 1 is 1.24 bits per heavy atom. The third-order valence-corrected chi connectivity index (χ3v) is 5.43. The molecule has 0 atom stereocenters. The van der Waals surface area contributed by atoms with Gasteiger partial charge in [0.2, 0.25) is 5.91 Å². The van der Waals surface area contributed by atoms with E-state index in [0.717, 1.165) is 17.7 Å². The Kier molecular flexibility index (Phi) is 4.28. The van der Waals surface area contributed by atoms with Crippen LogP contribution in [0.1, 0.15) is 26.3 Å². The van der Waals surface area contributed by atoms with Gasteiger partial charge in [-0.05, 0) is 36.2 Å². The van der Waals surface area contributed by atoms with Crippen molar-refractivity contribution in [3.8, 4) is 0 Å². The van der Waals surface area contributed by atoms with Crippen LogP contribution in [0.15, 0.2) is 47.6 Å². The number of nitrogens with one attached hydrogen (secondary N) is 1. The van der Waals surface area contributed by atoms with Crippen molar-refractivity contribution >= 4 is 27.3 Å². The Balaban J connectivity index is 1.91. The fourth-order valence-electron chi connectivity index (χ4n) is 2.78. The van der Waals surface area contributed by atoms with Crippen molar-refractivity contribution < 1.29 is 13.2 Å². The first-order chi connectivity index (χ1) is 11.7. The number of rotatable bonds is 3. The Morgan fingerprint density at radius 2 is 2.00 bits per heavy atom. The molecule has 0 aliphatic carbocycles. The van der Waals surface area contributed by atoms with Gasteiger partial charge in [0.15, 0.2) is 0 Å². The summed E-state index contributed by atoms with van der Waals surface area (Å²) in [6.45, 7) is 6.25. The van der Waals surface area contributed by atoms with Crippen LogP contribution < -0.4 is 9.62 Å². The molecule has 0 unspecified atom stereocenters. The van der Waals surface area contributed by atoms with E-state index in [2.05, 4.69) is 9.71 Å². The maximum atomic E-state index is 12.6. The molecule has 0 radical (unpaired) electrons. The van der Waals surface area contributed by atoms with Crippen LogP contribution in [0.5, 0.6) is 0 Å². The van der Waals surface area contributed by atoms with Gasteiger partial charge >= 0.3 is 0 Å². The molecule has 0 saturated carbocycles. The summed E-state index contributed by atoms with van der Waals surface area (Å²) >= 11 is 0. The zero-order chi connectivity index (χ0) is 18.2. The fraction of sp³-hybridized carbons (Fsp3) is 0.333. The van der Waals surface area contributed by atoms with Crippen molar-refractivity contribution in [2.45, 2.75) is 32.1 Å². The van der Waals surface area contributed by atoms with Gasteiger partial charge in [0, 0.05) is 30.0 Å². The van der Waals surface area contributed by atoms with Gasteiger partial charge in [-0.2, -0.15) is 0 Å². The second-order valence-electron chi connectivity index (χ2n) is 7.09. The van der Waals surface area contributed by atoms with Gasteiger partial charge in [-0.3, -0.25) is 14.5 Å². The highest BCUT2D eigenvalue weighted by Gasteiger charge is 2.32. The van der Waals surface area contributed by atoms with Gasteiger partial charge < -0.3 is 4.90 Å². The number of amides is 1. The second-order valence-corrected chi connectivity index (χ2v) is 8.78. The minimum absolute atomic E-state index is 0.0264. The average Bonchev–Trinajstić information content (AvgIpc) is 2.96. The first-order valence-electron chi connectivity index (χ1n) is 8.06. The number of carbonyl (C=O) groups is 1. The van der Waals surface area contributed by atoms with Crippen LogP contribution in [-0.2, 0) is 21.2 Å². The lowest BCUT2D eigenvalue weighted by Crippen LogP contribution is -2.38. The normalized spacial score (nSPS) is 14.3. The molecule has 2 aromatic rings. The average molecular weight is 359 g/mol. The molecule has 132 valence electrons. The van der Waals surface area contributed by atoms with E-state index >= 15 is 0 Å². The Bertz CT molecular complexity index is 903. The molecule has 0 fully saturated rings. The van der Waals surface area contributed by atoms with Crippen molar-refractivity contribution in [2.75, 3.05) is 16.2 Å². The Hall–Kier alpha value is -2.41. The molecule has 0 bridgehead atoms. The van der Waals surface area contributed by atoms with Gasteiger partial charge in [-0.1, -0.05) is 26.8 Å². The number of sulfonamides is 1. The molecule has 2 heterocycles. The molecule has 1 aromatic heterocycles. The van der Waals surface area contributed by atoms with Gasteiger partial charge in [0.25, 0.3) is 10.0 Å². The zero-order valence-corrected chi connectivity index (χ0v) is 15.3. The third-order valence-electron chi connectivity index (χ3n) is 4.06. The number of fused-ring (bicyclic) bond motifs is 1. The SMILES string of the molecule is CC(C)(C)C(=O)N1CCc2ccc(NS(=O)(=O)c3cccnc3)cc21. The van der Waals surface area contributed by atoms with Gasteiger partial charge in [-0.15, -0.1) is 0 Å². The van der Waals surface area contributed by atoms with Crippen LogP contribution >= 0.6 is 0 Å². The molecule has 1 aliphatic rings. The highest BCUT2D eigenvalue weighted by molar-refractivity contribution is 7.92. The van der Waals surface area contributed by atoms with Crippen LogP contribution in [0.3, 0.4) is 0 Å². The van der Waals surface area contributed by atoms with E-state index in [4.69, 9.17) is 0 Å². The smallest absolute Gasteiger partial charge is 0.263 e. The monoisotopic (exact) mass is 359 g/mol. The first-order valence-corrected chi connectivity index (χ1v) is 9.54. The standard InChI is InChI=1S/C18H21N3O3S/c1-18(2,3)17(22)21-10-8-13-6-7-14(11-16(13)21)20-25(23,24)15-5-4-9-19-12-15/h4-7,9,11-12,20H,8,10H2,1-3H3. The number of aromatic nitrogens is 1. The maximum Gasteiger partial charge on any atom is 0.263 e. The molecule has 1 aromatic carbocycles. The summed E-state index contributed by atoms with van der Waals surface area (Å²) in [7, 11) is -3.71. The van der Waals surface area contributed by atoms with E-state index in [1.54, 1.807) is 23.1 Å². The summed E-state index contributed by atoms with van der Waals surface area (Å²) in [5, 5.41) is 0. The Labute approximate surface area is 147 Å². The van der Waals surface area contributed by atoms with Crippen molar-refractivity contribution in [3.05, 3.63) is 48.3 Å². The fourth-order valence-corrected chi connectivity index (χ4v) is 3.79. The molecule has 1 amide bonds. The number of carbonyl (C=O) groups excluding carboxylic acids is 1. The lowest BCUT2D eigenvalue weighted by atomic mass is 9.94. The van der Waals surface area contributed by atoms with E-state index in [1.165, 1.54) is 18.5 Å². The number of hydrogen-bond donors (Lipinski definition) is 1. The molecule has 1 aliphatic heterocycles. The van der Waals surface area contributed by atoms with Crippen molar-refractivity contribution in [1.29, 1.82) is 0 Å². The largest absolute Gasteiger partial charge is 0.311 e. The van der Waals surface area contributed by atoms with E-state index in [-0.39, 0.29) is 10.8 Å². The molecule has 1 N–H and O–H groups in total. The van der Waals surface area contributed by atoms with E-state index < -0.39 is 15.4 Å². The second kappa shape index (κ2) is 6.15. The van der Waals surface area contributed by atoms with Gasteiger partial charge in [0.1, 0.15) is 4.90 Å². The predicted molar refractivity (Wildman–Crippen MR) is 97.0 cm³/mol. The van der Waals surface area contributed by atoms with Crippen LogP contribution in [0, 0.1) is 5.41 Å². The first kappa shape index (κ1) is 17.4. The molecule has 0 spiro atoms. The summed E-state index contributed by atoms with van der Waals surface area (Å²) in [6, 6.07) is 8.36. The molecule has 3 rings (SSSR count). The highest BCUT2D eigenvalue weighted by atomic mass is 32.2. The van der Waals surface area contributed by atoms with Crippen LogP contribution in [0.2, 0.25) is 0 Å². The Morgan fingerprint density at radius 3 is 2.64 bits per heavy atom. The van der Waals surface area contributed by atoms with E-state index in [1.807, 2.05) is 26.8 Å². The lowest BCUT2D eigenvalue weighted by molar-refractivity contribution is -0.125. The van der Waals surface area contributed by atoms with Crippen LogP contribution in [-0.4, -0.2) is 25.9 Å². The minimum atomic E-state index is -3.71. The summed E-state index contributed by atoms with van der Waals surface area (Å²) < 4.78 is 27.4. The lowest BCUT2D eigenvalue weighted by Gasteiger charge is -2.26. The van der Waals surface area contributed by atoms with Gasteiger partial charge in [0.05, 0.1) is 5.69 Å². The summed E-state index contributed by atoms with van der Waals surface area (Å²) in [5.41, 5.74) is 1.75. The molecule has 0 saturated heterocycles. The van der Waals surface area contributed by atoms with Crippen molar-refractivity contribution in [1.82, 2.24) is 4.98 Å². The topological polar surface area (TPSA) is 79.4 Å². The number of anilines is 2. The van der Waals surface area contributed by atoms with Crippen LogP contribution in [0.25, 0.3) is 0 Å². The number of pyridine rings is 1. The summed E-state index contributed by atoms with van der Waals surface area (Å²) in [4.78, 5) is 18.3. The summed E-state index contributed by atoms with van der Waals surface area (Å²) in [5.74, 6) is 0.0264. The predicted octanol–water partition coefficient (Wildman–Crippen LogP) is 2.82. The summed E-state index contributed by atoms with van der Waals surface area (Å²) in [6.07, 6.45) is 3.59. The molecule has 7 heteroatoms. The van der Waals surface area contributed by atoms with Crippen LogP contribution in [0.4, 0.5) is 11.4 Å². The highest BCUT2D eigenvalue weighted by Crippen LogP contribution is 2.34. The van der Waals surface area contributed by atoms with Crippen molar-refractivity contribution in [2.24, 2.45) is 5.41 Å². The quantitative estimate of drug-likeness (QED) is 0.914. The van der Waals surface area contributed by atoms with E-state index in [9.17, 15) is 13.2 Å². The van der Waals surface area contributed by atoms with Crippen molar-refractivity contribution in [3.63, 3.8) is 0 Å². The maximum absolute atomic E-state index is 12.6.